The number of nitrogens with zero attached hydrogens (tertiary/aromatic N) is 4. The first kappa shape index (κ1) is 27.9. The Hall–Kier alpha value is -6.00. The highest BCUT2D eigenvalue weighted by Gasteiger charge is 2.37. The quantitative estimate of drug-likeness (QED) is 0.188. The third-order valence-corrected chi connectivity index (χ3v) is 11.8. The summed E-state index contributed by atoms with van der Waals surface area (Å²) in [5.41, 5.74) is 20.0. The zero-order valence-corrected chi connectivity index (χ0v) is 28.5. The maximum Gasteiger partial charge on any atom is 0.116 e. The Morgan fingerprint density at radius 2 is 0.940 bits per heavy atom. The van der Waals surface area contributed by atoms with Crippen molar-refractivity contribution >= 4 is 44.0 Å². The lowest BCUT2D eigenvalue weighted by Gasteiger charge is -2.22. The third kappa shape index (κ3) is 3.40. The number of para-hydroxylation sites is 1. The van der Waals surface area contributed by atoms with Gasteiger partial charge in [-0.25, -0.2) is 4.98 Å². The van der Waals surface area contributed by atoms with Crippen LogP contribution in [0.1, 0.15) is 49.9 Å². The molecule has 0 radical (unpaired) electrons. The van der Waals surface area contributed by atoms with E-state index in [9.17, 15) is 0 Å². The van der Waals surface area contributed by atoms with Crippen LogP contribution in [0.4, 0.5) is 0 Å². The molecule has 9 aromatic rings. The number of fused-ring (bicyclic) bond motifs is 12. The van der Waals surface area contributed by atoms with Gasteiger partial charge in [0.1, 0.15) is 11.0 Å². The van der Waals surface area contributed by atoms with Gasteiger partial charge in [0.25, 0.3) is 0 Å². The molecule has 2 aliphatic carbocycles. The molecule has 0 aliphatic heterocycles. The van der Waals surface area contributed by atoms with E-state index in [1.54, 1.807) is 0 Å². The molecule has 0 N–H and O–H groups in total. The Labute approximate surface area is 290 Å². The van der Waals surface area contributed by atoms with Gasteiger partial charge >= 0.3 is 0 Å². The number of hydrogen-bond donors (Lipinski definition) is 0. The van der Waals surface area contributed by atoms with Crippen molar-refractivity contribution in [2.24, 2.45) is 0 Å². The summed E-state index contributed by atoms with van der Waals surface area (Å²) in [4.78, 5) is 10.4. The Balaban J connectivity index is 1.20. The van der Waals surface area contributed by atoms with Crippen molar-refractivity contribution in [3.63, 3.8) is 0 Å². The van der Waals surface area contributed by atoms with Crippen LogP contribution < -0.4 is 0 Å². The molecule has 0 bridgehead atoms. The van der Waals surface area contributed by atoms with Gasteiger partial charge in [-0.2, -0.15) is 0 Å². The van der Waals surface area contributed by atoms with E-state index in [0.717, 1.165) is 55.4 Å². The molecule has 0 saturated carbocycles. The summed E-state index contributed by atoms with van der Waals surface area (Å²) in [5.74, 6) is 0. The van der Waals surface area contributed by atoms with Crippen molar-refractivity contribution < 1.29 is 0 Å². The lowest BCUT2D eigenvalue weighted by molar-refractivity contribution is 0.660. The van der Waals surface area contributed by atoms with Crippen LogP contribution in [0, 0.1) is 0 Å². The molecule has 11 rings (SSSR count). The molecule has 0 fully saturated rings. The van der Waals surface area contributed by atoms with Crippen LogP contribution >= 0.6 is 0 Å². The molecular weight excluding hydrogens is 609 g/mol. The molecule has 0 saturated heterocycles. The van der Waals surface area contributed by atoms with Gasteiger partial charge in [-0.1, -0.05) is 107 Å². The molecular formula is C46H34N4. The molecule has 4 heterocycles. The molecule has 238 valence electrons. The fourth-order valence-corrected chi connectivity index (χ4v) is 9.31. The number of rotatable bonds is 2. The zero-order valence-electron chi connectivity index (χ0n) is 28.5. The monoisotopic (exact) mass is 642 g/mol. The van der Waals surface area contributed by atoms with E-state index in [1.807, 2.05) is 12.3 Å². The summed E-state index contributed by atoms with van der Waals surface area (Å²) in [6, 6.07) is 46.9. The highest BCUT2D eigenvalue weighted by Crippen LogP contribution is 2.51. The largest absolute Gasteiger partial charge is 0.308 e. The fourth-order valence-electron chi connectivity index (χ4n) is 9.31. The van der Waals surface area contributed by atoms with Crippen molar-refractivity contribution in [1.29, 1.82) is 0 Å². The summed E-state index contributed by atoms with van der Waals surface area (Å²) >= 11 is 0. The molecule has 4 heteroatoms. The summed E-state index contributed by atoms with van der Waals surface area (Å²) in [6.45, 7) is 9.38. The molecule has 0 unspecified atom stereocenters. The van der Waals surface area contributed by atoms with Crippen molar-refractivity contribution in [1.82, 2.24) is 19.1 Å². The number of benzene rings is 5. The second kappa shape index (κ2) is 9.36. The van der Waals surface area contributed by atoms with E-state index in [-0.39, 0.29) is 10.8 Å². The van der Waals surface area contributed by atoms with Crippen molar-refractivity contribution in [2.75, 3.05) is 0 Å². The smallest absolute Gasteiger partial charge is 0.116 e. The van der Waals surface area contributed by atoms with Crippen LogP contribution in [0.2, 0.25) is 0 Å². The molecule has 5 aromatic carbocycles. The first-order valence-electron chi connectivity index (χ1n) is 17.5. The standard InChI is InChI=1S/C46H34N4/c1-45(2)34-15-8-5-12-29(34)31-21-19-27(24-36(31)45)49-38-17-10-7-14-33(38)42-40(49)26-41-44(48-42)43-39(18-11-23-47-43)50(41)28-20-22-32-30-13-6-9-16-35(30)46(3,4)37(32)25-28/h5-26H,1-4H3. The molecule has 0 atom stereocenters. The summed E-state index contributed by atoms with van der Waals surface area (Å²) in [5, 5.41) is 1.14. The number of aromatic nitrogens is 4. The highest BCUT2D eigenvalue weighted by atomic mass is 15.0. The minimum Gasteiger partial charge on any atom is -0.308 e. The van der Waals surface area contributed by atoms with Crippen LogP contribution in [-0.2, 0) is 10.8 Å². The van der Waals surface area contributed by atoms with E-state index in [4.69, 9.17) is 9.97 Å². The zero-order chi connectivity index (χ0) is 33.5. The second-order valence-electron chi connectivity index (χ2n) is 15.1. The number of pyridine rings is 2. The lowest BCUT2D eigenvalue weighted by atomic mass is 9.82. The minimum absolute atomic E-state index is 0.0920. The Morgan fingerprint density at radius 3 is 1.60 bits per heavy atom. The Bertz CT molecular complexity index is 2740. The van der Waals surface area contributed by atoms with Gasteiger partial charge < -0.3 is 9.13 Å². The van der Waals surface area contributed by atoms with Gasteiger partial charge in [0.2, 0.25) is 0 Å². The molecule has 50 heavy (non-hydrogen) atoms. The third-order valence-electron chi connectivity index (χ3n) is 11.8. The van der Waals surface area contributed by atoms with Gasteiger partial charge in [-0.15, -0.1) is 0 Å². The van der Waals surface area contributed by atoms with Gasteiger partial charge in [0.15, 0.2) is 0 Å². The van der Waals surface area contributed by atoms with Crippen molar-refractivity contribution in [3.05, 3.63) is 156 Å². The minimum atomic E-state index is -0.0993. The fraction of sp³-hybridized carbons (Fsp3) is 0.130. The Morgan fingerprint density at radius 1 is 0.420 bits per heavy atom. The molecule has 0 spiro atoms. The highest BCUT2D eigenvalue weighted by molar-refractivity contribution is 6.14. The topological polar surface area (TPSA) is 35.6 Å². The van der Waals surface area contributed by atoms with Gasteiger partial charge in [0, 0.05) is 33.8 Å². The van der Waals surface area contributed by atoms with E-state index < -0.39 is 0 Å². The maximum atomic E-state index is 5.49. The van der Waals surface area contributed by atoms with Crippen molar-refractivity contribution in [2.45, 2.75) is 38.5 Å². The first-order chi connectivity index (χ1) is 24.3. The second-order valence-corrected chi connectivity index (χ2v) is 15.1. The van der Waals surface area contributed by atoms with Gasteiger partial charge in [-0.3, -0.25) is 4.98 Å². The van der Waals surface area contributed by atoms with Crippen molar-refractivity contribution in [3.8, 4) is 33.6 Å². The van der Waals surface area contributed by atoms with Crippen LogP contribution in [0.5, 0.6) is 0 Å². The lowest BCUT2D eigenvalue weighted by Crippen LogP contribution is -2.15. The first-order valence-corrected chi connectivity index (χ1v) is 17.5. The summed E-state index contributed by atoms with van der Waals surface area (Å²) < 4.78 is 4.78. The van der Waals surface area contributed by atoms with E-state index >= 15 is 0 Å². The molecule has 2 aliphatic rings. The van der Waals surface area contributed by atoms with Gasteiger partial charge in [0.05, 0.1) is 27.6 Å². The molecule has 0 amide bonds. The predicted molar refractivity (Wildman–Crippen MR) is 206 cm³/mol. The number of hydrogen-bond acceptors (Lipinski definition) is 2. The van der Waals surface area contributed by atoms with Crippen LogP contribution in [0.3, 0.4) is 0 Å². The average molecular weight is 643 g/mol. The maximum absolute atomic E-state index is 5.49. The normalized spacial score (nSPS) is 15.1. The van der Waals surface area contributed by atoms with Crippen LogP contribution in [0.15, 0.2) is 134 Å². The van der Waals surface area contributed by atoms with E-state index in [2.05, 4.69) is 158 Å². The summed E-state index contributed by atoms with van der Waals surface area (Å²) in [7, 11) is 0. The van der Waals surface area contributed by atoms with Gasteiger partial charge in [-0.05, 0) is 93.0 Å². The predicted octanol–water partition coefficient (Wildman–Crippen LogP) is 11.3. The van der Waals surface area contributed by atoms with E-state index in [1.165, 1.54) is 44.5 Å². The molecule has 4 nitrogen and oxygen atoms in total. The van der Waals surface area contributed by atoms with E-state index in [0.29, 0.717) is 0 Å². The average Bonchev–Trinajstić information content (AvgIpc) is 3.79. The molecule has 4 aromatic heterocycles. The van der Waals surface area contributed by atoms with Crippen LogP contribution in [-0.4, -0.2) is 19.1 Å². The van der Waals surface area contributed by atoms with Crippen LogP contribution in [0.25, 0.3) is 77.6 Å². The summed E-state index contributed by atoms with van der Waals surface area (Å²) in [6.07, 6.45) is 1.88. The SMILES string of the molecule is CC1(C)c2ccccc2-c2ccc(-n3c4ccccc4c4nc5c6ncccc6n(-c6ccc7c(c6)C(C)(C)c6ccccc6-7)c5cc43)cc21. The Kier molecular flexibility index (Phi) is 5.23.